The van der Waals surface area contributed by atoms with Crippen LogP contribution in [0.5, 0.6) is 5.75 Å². The average molecular weight is 322 g/mol. The number of halogens is 2. The third-order valence-corrected chi connectivity index (χ3v) is 3.78. The van der Waals surface area contributed by atoms with Gasteiger partial charge in [0, 0.05) is 25.2 Å². The number of rotatable bonds is 5. The van der Waals surface area contributed by atoms with E-state index in [1.807, 2.05) is 0 Å². The van der Waals surface area contributed by atoms with Crippen LogP contribution in [0.15, 0.2) is 12.1 Å². The zero-order valence-electron chi connectivity index (χ0n) is 10.6. The SMILES string of the molecule is CCOC1C(O)CC1Oc1cc(Cl)c(Cl)cc1[N+](=O)[O-]. The number of hydrogen-bond donors (Lipinski definition) is 1. The van der Waals surface area contributed by atoms with Crippen LogP contribution < -0.4 is 4.74 Å². The van der Waals surface area contributed by atoms with Gasteiger partial charge in [-0.1, -0.05) is 23.2 Å². The highest BCUT2D eigenvalue weighted by Crippen LogP contribution is 2.38. The van der Waals surface area contributed by atoms with E-state index in [0.29, 0.717) is 13.0 Å². The topological polar surface area (TPSA) is 81.8 Å². The average Bonchev–Trinajstić information content (AvgIpc) is 2.39. The molecule has 1 fully saturated rings. The molecule has 8 heteroatoms. The third-order valence-electron chi connectivity index (χ3n) is 3.06. The van der Waals surface area contributed by atoms with Gasteiger partial charge in [-0.15, -0.1) is 0 Å². The Balaban J connectivity index is 2.21. The third kappa shape index (κ3) is 2.98. The summed E-state index contributed by atoms with van der Waals surface area (Å²) in [5.41, 5.74) is -0.268. The van der Waals surface area contributed by atoms with Crippen molar-refractivity contribution in [3.8, 4) is 5.75 Å². The molecule has 0 amide bonds. The van der Waals surface area contributed by atoms with Crippen molar-refractivity contribution in [3.63, 3.8) is 0 Å². The van der Waals surface area contributed by atoms with Gasteiger partial charge in [-0.3, -0.25) is 10.1 Å². The number of benzene rings is 1. The number of hydrogen-bond acceptors (Lipinski definition) is 5. The summed E-state index contributed by atoms with van der Waals surface area (Å²) in [4.78, 5) is 10.4. The summed E-state index contributed by atoms with van der Waals surface area (Å²) < 4.78 is 10.9. The largest absolute Gasteiger partial charge is 0.480 e. The maximum absolute atomic E-state index is 11.0. The van der Waals surface area contributed by atoms with Gasteiger partial charge in [0.05, 0.1) is 21.1 Å². The second kappa shape index (κ2) is 6.13. The molecule has 1 aromatic rings. The van der Waals surface area contributed by atoms with E-state index in [9.17, 15) is 15.2 Å². The first-order valence-corrected chi connectivity index (χ1v) is 6.79. The van der Waals surface area contributed by atoms with Gasteiger partial charge in [-0.2, -0.15) is 0 Å². The van der Waals surface area contributed by atoms with Crippen molar-refractivity contribution in [2.24, 2.45) is 0 Å². The van der Waals surface area contributed by atoms with Gasteiger partial charge in [0.1, 0.15) is 12.2 Å². The molecule has 6 nitrogen and oxygen atoms in total. The molecule has 1 saturated carbocycles. The molecule has 0 saturated heterocycles. The predicted octanol–water partition coefficient (Wildman–Crippen LogP) is 2.82. The number of aliphatic hydroxyl groups excluding tert-OH is 1. The molecule has 0 aliphatic heterocycles. The number of nitro groups is 1. The molecular weight excluding hydrogens is 309 g/mol. The van der Waals surface area contributed by atoms with Crippen molar-refractivity contribution in [2.45, 2.75) is 31.7 Å². The van der Waals surface area contributed by atoms with Gasteiger partial charge in [0.2, 0.25) is 0 Å². The van der Waals surface area contributed by atoms with E-state index in [1.54, 1.807) is 6.92 Å². The molecule has 1 N–H and O–H groups in total. The molecule has 110 valence electrons. The number of nitro benzene ring substituents is 1. The van der Waals surface area contributed by atoms with Crippen molar-refractivity contribution in [1.82, 2.24) is 0 Å². The highest BCUT2D eigenvalue weighted by Gasteiger charge is 2.43. The van der Waals surface area contributed by atoms with Crippen LogP contribution in [0.4, 0.5) is 5.69 Å². The molecule has 0 heterocycles. The molecule has 0 spiro atoms. The highest BCUT2D eigenvalue weighted by atomic mass is 35.5. The summed E-state index contributed by atoms with van der Waals surface area (Å²) in [6, 6.07) is 2.44. The minimum Gasteiger partial charge on any atom is -0.480 e. The highest BCUT2D eigenvalue weighted by molar-refractivity contribution is 6.42. The van der Waals surface area contributed by atoms with Gasteiger partial charge < -0.3 is 14.6 Å². The molecule has 3 unspecified atom stereocenters. The summed E-state index contributed by atoms with van der Waals surface area (Å²) in [5.74, 6) is 0.0194. The summed E-state index contributed by atoms with van der Waals surface area (Å²) in [7, 11) is 0. The molecule has 1 aliphatic carbocycles. The standard InChI is InChI=1S/C12H13Cl2NO5/c1-2-19-12-9(16)5-11(12)20-10-4-7(14)6(13)3-8(10)15(17)18/h3-4,9,11-12,16H,2,5H2,1H3. The Kier molecular flexibility index (Phi) is 4.70. The maximum atomic E-state index is 11.0. The molecule has 0 bridgehead atoms. The Bertz CT molecular complexity index is 525. The fourth-order valence-corrected chi connectivity index (χ4v) is 2.31. The normalized spacial score (nSPS) is 25.1. The molecule has 3 atom stereocenters. The van der Waals surface area contributed by atoms with Crippen molar-refractivity contribution < 1.29 is 19.5 Å². The van der Waals surface area contributed by atoms with Gasteiger partial charge in [-0.05, 0) is 6.92 Å². The predicted molar refractivity (Wildman–Crippen MR) is 73.6 cm³/mol. The van der Waals surface area contributed by atoms with Crippen LogP contribution in [0.25, 0.3) is 0 Å². The Labute approximate surface area is 125 Å². The fraction of sp³-hybridized carbons (Fsp3) is 0.500. The lowest BCUT2D eigenvalue weighted by Crippen LogP contribution is -2.55. The van der Waals surface area contributed by atoms with Gasteiger partial charge in [0.25, 0.3) is 0 Å². The van der Waals surface area contributed by atoms with Gasteiger partial charge in [-0.25, -0.2) is 0 Å². The van der Waals surface area contributed by atoms with Gasteiger partial charge >= 0.3 is 5.69 Å². The van der Waals surface area contributed by atoms with Crippen LogP contribution in [-0.4, -0.2) is 34.9 Å². The van der Waals surface area contributed by atoms with Crippen molar-refractivity contribution in [2.75, 3.05) is 6.61 Å². The van der Waals surface area contributed by atoms with Crippen molar-refractivity contribution >= 4 is 28.9 Å². The zero-order chi connectivity index (χ0) is 14.9. The van der Waals surface area contributed by atoms with E-state index in [-0.39, 0.29) is 21.5 Å². The minimum atomic E-state index is -0.623. The number of ether oxygens (including phenoxy) is 2. The summed E-state index contributed by atoms with van der Waals surface area (Å²) in [6.07, 6.45) is -1.21. The van der Waals surface area contributed by atoms with Crippen LogP contribution >= 0.6 is 23.2 Å². The van der Waals surface area contributed by atoms with Crippen molar-refractivity contribution in [3.05, 3.63) is 32.3 Å². The monoisotopic (exact) mass is 321 g/mol. The van der Waals surface area contributed by atoms with E-state index < -0.39 is 23.2 Å². The zero-order valence-corrected chi connectivity index (χ0v) is 12.1. The molecule has 20 heavy (non-hydrogen) atoms. The van der Waals surface area contributed by atoms with Crippen LogP contribution in [-0.2, 0) is 4.74 Å². The van der Waals surface area contributed by atoms with Crippen LogP contribution in [0.3, 0.4) is 0 Å². The van der Waals surface area contributed by atoms with Crippen molar-refractivity contribution in [1.29, 1.82) is 0 Å². The molecule has 0 aromatic heterocycles. The smallest absolute Gasteiger partial charge is 0.312 e. The summed E-state index contributed by atoms with van der Waals surface area (Å²) in [5, 5.41) is 20.8. The fourth-order valence-electron chi connectivity index (χ4n) is 2.00. The van der Waals surface area contributed by atoms with E-state index >= 15 is 0 Å². The van der Waals surface area contributed by atoms with E-state index in [1.165, 1.54) is 6.07 Å². The number of aliphatic hydroxyl groups is 1. The molecule has 0 radical (unpaired) electrons. The van der Waals surface area contributed by atoms with E-state index in [4.69, 9.17) is 32.7 Å². The number of nitrogens with zero attached hydrogens (tertiary/aromatic N) is 1. The first kappa shape index (κ1) is 15.3. The van der Waals surface area contributed by atoms with Crippen LogP contribution in [0.1, 0.15) is 13.3 Å². The van der Waals surface area contributed by atoms with Crippen LogP contribution in [0.2, 0.25) is 10.0 Å². The first-order valence-electron chi connectivity index (χ1n) is 6.03. The maximum Gasteiger partial charge on any atom is 0.312 e. The summed E-state index contributed by atoms with van der Waals surface area (Å²) >= 11 is 11.6. The Hall–Kier alpha value is -1.08. The molecule has 1 aromatic carbocycles. The van der Waals surface area contributed by atoms with Gasteiger partial charge in [0.15, 0.2) is 5.75 Å². The first-order chi connectivity index (χ1) is 9.43. The second-order valence-corrected chi connectivity index (χ2v) is 5.18. The lowest BCUT2D eigenvalue weighted by atomic mass is 9.88. The molecule has 2 rings (SSSR count). The lowest BCUT2D eigenvalue weighted by Gasteiger charge is -2.40. The minimum absolute atomic E-state index is 0.0194. The Morgan fingerprint density at radius 2 is 2.10 bits per heavy atom. The molecule has 1 aliphatic rings. The Morgan fingerprint density at radius 1 is 1.45 bits per heavy atom. The molecular formula is C12H13Cl2NO5. The van der Waals surface area contributed by atoms with E-state index in [2.05, 4.69) is 0 Å². The lowest BCUT2D eigenvalue weighted by molar-refractivity contribution is -0.386. The summed E-state index contributed by atoms with van der Waals surface area (Å²) in [6.45, 7) is 2.22. The van der Waals surface area contributed by atoms with Crippen LogP contribution in [0, 0.1) is 10.1 Å². The Morgan fingerprint density at radius 3 is 2.65 bits per heavy atom. The quantitative estimate of drug-likeness (QED) is 0.666. The van der Waals surface area contributed by atoms with E-state index in [0.717, 1.165) is 6.07 Å². The second-order valence-electron chi connectivity index (χ2n) is 4.37.